The highest BCUT2D eigenvalue weighted by atomic mass is 32.2. The molecule has 88 valence electrons. The van der Waals surface area contributed by atoms with Gasteiger partial charge in [-0.1, -0.05) is 0 Å². The van der Waals surface area contributed by atoms with E-state index in [2.05, 4.69) is 15.3 Å². The van der Waals surface area contributed by atoms with Gasteiger partial charge in [0.1, 0.15) is 11.6 Å². The molecule has 0 fully saturated rings. The molecule has 16 heavy (non-hydrogen) atoms. The number of thioether (sulfide) groups is 1. The van der Waals surface area contributed by atoms with Crippen molar-refractivity contribution in [3.63, 3.8) is 0 Å². The first kappa shape index (κ1) is 11.7. The fourth-order valence-electron chi connectivity index (χ4n) is 1.80. The Morgan fingerprint density at radius 2 is 2.25 bits per heavy atom. The van der Waals surface area contributed by atoms with Crippen molar-refractivity contribution in [3.8, 4) is 0 Å². The predicted molar refractivity (Wildman–Crippen MR) is 66.8 cm³/mol. The van der Waals surface area contributed by atoms with Crippen molar-refractivity contribution in [2.75, 3.05) is 26.1 Å². The van der Waals surface area contributed by atoms with Gasteiger partial charge in [0, 0.05) is 44.3 Å². The van der Waals surface area contributed by atoms with Crippen molar-refractivity contribution < 1.29 is 4.74 Å². The normalized spacial score (nSPS) is 13.9. The predicted octanol–water partition coefficient (Wildman–Crippen LogP) is 1.84. The minimum absolute atomic E-state index is 0.768. The zero-order valence-corrected chi connectivity index (χ0v) is 10.6. The molecule has 0 saturated heterocycles. The number of fused-ring (bicyclic) bond motifs is 1. The molecule has 5 heteroatoms. The van der Waals surface area contributed by atoms with E-state index in [1.807, 2.05) is 18.8 Å². The minimum Gasteiger partial charge on any atom is -0.385 e. The fourth-order valence-corrected chi connectivity index (χ4v) is 2.84. The van der Waals surface area contributed by atoms with Crippen LogP contribution >= 0.6 is 11.8 Å². The van der Waals surface area contributed by atoms with Crippen LogP contribution < -0.4 is 5.32 Å². The zero-order valence-electron chi connectivity index (χ0n) is 9.75. The highest BCUT2D eigenvalue weighted by Gasteiger charge is 2.18. The van der Waals surface area contributed by atoms with Crippen LogP contribution in [0.3, 0.4) is 0 Å². The van der Waals surface area contributed by atoms with E-state index < -0.39 is 0 Å². The molecule has 0 unspecified atom stereocenters. The van der Waals surface area contributed by atoms with Gasteiger partial charge in [-0.15, -0.1) is 0 Å². The van der Waals surface area contributed by atoms with Crippen LogP contribution in [-0.4, -0.2) is 30.7 Å². The molecule has 0 aromatic carbocycles. The van der Waals surface area contributed by atoms with Crippen LogP contribution in [0.4, 0.5) is 5.82 Å². The summed E-state index contributed by atoms with van der Waals surface area (Å²) in [5, 5.41) is 3.16. The van der Waals surface area contributed by atoms with Crippen molar-refractivity contribution in [3.05, 3.63) is 17.1 Å². The van der Waals surface area contributed by atoms with Crippen LogP contribution in [0.2, 0.25) is 0 Å². The summed E-state index contributed by atoms with van der Waals surface area (Å²) < 4.78 is 5.04. The van der Waals surface area contributed by atoms with E-state index in [9.17, 15) is 0 Å². The second-order valence-corrected chi connectivity index (χ2v) is 4.74. The number of rotatable bonds is 5. The Bertz CT molecular complexity index is 370. The lowest BCUT2D eigenvalue weighted by molar-refractivity contribution is 0.194. The third-order valence-corrected chi connectivity index (χ3v) is 3.58. The van der Waals surface area contributed by atoms with Gasteiger partial charge in [-0.3, -0.25) is 0 Å². The van der Waals surface area contributed by atoms with Crippen LogP contribution in [0.5, 0.6) is 0 Å². The number of anilines is 1. The summed E-state index contributed by atoms with van der Waals surface area (Å²) in [6.45, 7) is 0.768. The van der Waals surface area contributed by atoms with Gasteiger partial charge in [0.05, 0.1) is 5.69 Å². The molecule has 2 heterocycles. The maximum atomic E-state index is 5.04. The van der Waals surface area contributed by atoms with Gasteiger partial charge < -0.3 is 10.1 Å². The summed E-state index contributed by atoms with van der Waals surface area (Å²) in [6, 6.07) is 0. The molecule has 1 aliphatic heterocycles. The van der Waals surface area contributed by atoms with Gasteiger partial charge in [-0.05, 0) is 6.42 Å². The second-order valence-electron chi connectivity index (χ2n) is 3.75. The van der Waals surface area contributed by atoms with Gasteiger partial charge in [0.15, 0.2) is 0 Å². The maximum Gasteiger partial charge on any atom is 0.133 e. The van der Waals surface area contributed by atoms with Crippen LogP contribution in [0.15, 0.2) is 0 Å². The Labute approximate surface area is 100 Å². The molecule has 0 amide bonds. The van der Waals surface area contributed by atoms with Crippen molar-refractivity contribution >= 4 is 17.6 Å². The van der Waals surface area contributed by atoms with E-state index >= 15 is 0 Å². The number of hydrogen-bond donors (Lipinski definition) is 1. The second kappa shape index (κ2) is 5.50. The molecular weight excluding hydrogens is 222 g/mol. The third kappa shape index (κ3) is 2.47. The zero-order chi connectivity index (χ0) is 11.4. The van der Waals surface area contributed by atoms with Gasteiger partial charge in [0.25, 0.3) is 0 Å². The topological polar surface area (TPSA) is 47.0 Å². The van der Waals surface area contributed by atoms with Crippen LogP contribution in [0.25, 0.3) is 0 Å². The molecule has 0 radical (unpaired) electrons. The van der Waals surface area contributed by atoms with Gasteiger partial charge in [-0.2, -0.15) is 11.8 Å². The lowest BCUT2D eigenvalue weighted by atomic mass is 10.2. The smallest absolute Gasteiger partial charge is 0.133 e. The van der Waals surface area contributed by atoms with E-state index in [1.165, 1.54) is 11.3 Å². The average Bonchev–Trinajstić information content (AvgIpc) is 2.76. The Hall–Kier alpha value is -0.810. The molecule has 1 aromatic rings. The Morgan fingerprint density at radius 3 is 3.00 bits per heavy atom. The summed E-state index contributed by atoms with van der Waals surface area (Å²) in [5.41, 5.74) is 2.49. The summed E-state index contributed by atoms with van der Waals surface area (Å²) >= 11 is 1.90. The van der Waals surface area contributed by atoms with E-state index in [1.54, 1.807) is 7.11 Å². The molecule has 1 aromatic heterocycles. The lowest BCUT2D eigenvalue weighted by Gasteiger charge is -2.08. The first-order chi connectivity index (χ1) is 7.85. The molecule has 0 spiro atoms. The van der Waals surface area contributed by atoms with Gasteiger partial charge >= 0.3 is 0 Å². The molecule has 0 aliphatic carbocycles. The van der Waals surface area contributed by atoms with Gasteiger partial charge in [0.2, 0.25) is 0 Å². The maximum absolute atomic E-state index is 5.04. The first-order valence-electron chi connectivity index (χ1n) is 5.48. The Kier molecular flexibility index (Phi) is 4.01. The number of nitrogens with one attached hydrogen (secondary N) is 1. The third-order valence-electron chi connectivity index (χ3n) is 2.61. The molecular formula is C11H17N3OS. The number of ether oxygens (including phenoxy) is 1. The summed E-state index contributed by atoms with van der Waals surface area (Å²) in [5.74, 6) is 3.98. The van der Waals surface area contributed by atoms with E-state index in [0.29, 0.717) is 0 Å². The molecule has 0 bridgehead atoms. The fraction of sp³-hybridized carbons (Fsp3) is 0.636. The Balaban J connectivity index is 2.14. The SMILES string of the molecule is CNc1nc(CCCOC)nc2c1CSC2. The Morgan fingerprint density at radius 1 is 1.38 bits per heavy atom. The quantitative estimate of drug-likeness (QED) is 0.795. The lowest BCUT2D eigenvalue weighted by Crippen LogP contribution is -2.06. The molecule has 0 atom stereocenters. The number of hydrogen-bond acceptors (Lipinski definition) is 5. The first-order valence-corrected chi connectivity index (χ1v) is 6.63. The van der Waals surface area contributed by atoms with Crippen LogP contribution in [0, 0.1) is 0 Å². The molecule has 4 nitrogen and oxygen atoms in total. The summed E-state index contributed by atoms with van der Waals surface area (Å²) in [4.78, 5) is 9.15. The highest BCUT2D eigenvalue weighted by Crippen LogP contribution is 2.32. The van der Waals surface area contributed by atoms with E-state index in [4.69, 9.17) is 4.74 Å². The number of aromatic nitrogens is 2. The molecule has 1 aliphatic rings. The number of aryl methyl sites for hydroxylation is 1. The summed E-state index contributed by atoms with van der Waals surface area (Å²) in [7, 11) is 3.64. The summed E-state index contributed by atoms with van der Waals surface area (Å²) in [6.07, 6.45) is 1.87. The molecule has 0 saturated carbocycles. The highest BCUT2D eigenvalue weighted by molar-refractivity contribution is 7.98. The van der Waals surface area contributed by atoms with Crippen molar-refractivity contribution in [2.45, 2.75) is 24.3 Å². The molecule has 2 rings (SSSR count). The van der Waals surface area contributed by atoms with Crippen molar-refractivity contribution in [1.29, 1.82) is 0 Å². The number of nitrogens with zero attached hydrogens (tertiary/aromatic N) is 2. The monoisotopic (exact) mass is 239 g/mol. The van der Waals surface area contributed by atoms with Crippen LogP contribution in [-0.2, 0) is 22.7 Å². The largest absolute Gasteiger partial charge is 0.385 e. The van der Waals surface area contributed by atoms with Crippen molar-refractivity contribution in [1.82, 2.24) is 9.97 Å². The number of methoxy groups -OCH3 is 1. The van der Waals surface area contributed by atoms with Gasteiger partial charge in [-0.25, -0.2) is 9.97 Å². The van der Waals surface area contributed by atoms with Crippen molar-refractivity contribution in [2.24, 2.45) is 0 Å². The van der Waals surface area contributed by atoms with E-state index in [-0.39, 0.29) is 0 Å². The standard InChI is InChI=1S/C11H17N3OS/c1-12-11-8-6-16-7-9(8)13-10(14-11)4-3-5-15-2/h3-7H2,1-2H3,(H,12,13,14). The van der Waals surface area contributed by atoms with Crippen LogP contribution in [0.1, 0.15) is 23.5 Å². The average molecular weight is 239 g/mol. The minimum atomic E-state index is 0.768. The molecule has 1 N–H and O–H groups in total. The van der Waals surface area contributed by atoms with E-state index in [0.717, 1.165) is 42.6 Å².